The van der Waals surface area contributed by atoms with Crippen molar-refractivity contribution in [3.8, 4) is 11.5 Å². The Balaban J connectivity index is 1.85. The van der Waals surface area contributed by atoms with Gasteiger partial charge in [-0.25, -0.2) is 13.2 Å². The van der Waals surface area contributed by atoms with Gasteiger partial charge in [0.2, 0.25) is 0 Å². The van der Waals surface area contributed by atoms with Crippen LogP contribution in [0.3, 0.4) is 0 Å². The van der Waals surface area contributed by atoms with Gasteiger partial charge in [-0.05, 0) is 58.5 Å². The molecule has 2 aromatic carbocycles. The molecule has 2 aromatic rings. The molecule has 11 heteroatoms. The summed E-state index contributed by atoms with van der Waals surface area (Å²) in [6, 6.07) is 7.98. The number of carbonyl (C=O) groups is 2. The van der Waals surface area contributed by atoms with Gasteiger partial charge in [-0.1, -0.05) is 51.8 Å². The van der Waals surface area contributed by atoms with Crippen LogP contribution in [0.5, 0.6) is 11.5 Å². The van der Waals surface area contributed by atoms with Gasteiger partial charge < -0.3 is 25.4 Å². The van der Waals surface area contributed by atoms with Crippen molar-refractivity contribution in [3.63, 3.8) is 0 Å². The lowest BCUT2D eigenvalue weighted by Gasteiger charge is -2.39. The van der Waals surface area contributed by atoms with Crippen LogP contribution in [0.4, 0.5) is 0 Å². The van der Waals surface area contributed by atoms with Crippen molar-refractivity contribution >= 4 is 37.6 Å². The monoisotopic (exact) mass is 639 g/mol. The van der Waals surface area contributed by atoms with Gasteiger partial charge in [0, 0.05) is 23.8 Å². The molecule has 1 aliphatic rings. The van der Waals surface area contributed by atoms with E-state index in [4.69, 9.17) is 4.74 Å². The number of nitrogens with one attached hydrogen (secondary N) is 1. The van der Waals surface area contributed by atoms with Gasteiger partial charge in [-0.15, -0.1) is 0 Å². The SMILES string of the molecule is CCCCC1(CC)CS(=O)(=O)c2cc(OCC(=O)NC(Cc3ccccc3O)C(=O)O)c(Br)cc2C(CC)C1O. The molecule has 0 fully saturated rings. The van der Waals surface area contributed by atoms with E-state index in [1.54, 1.807) is 24.3 Å². The van der Waals surface area contributed by atoms with Crippen LogP contribution in [-0.4, -0.2) is 60.1 Å². The van der Waals surface area contributed by atoms with Crippen molar-refractivity contribution in [2.24, 2.45) is 5.41 Å². The maximum absolute atomic E-state index is 13.7. The summed E-state index contributed by atoms with van der Waals surface area (Å²) in [5.41, 5.74) is 0.102. The van der Waals surface area contributed by atoms with E-state index in [1.165, 1.54) is 12.1 Å². The standard InChI is InChI=1S/C29H38BrNO8S/c1-4-7-12-29(6-3)17-40(37,38)25-15-24(21(30)14-20(25)19(5-2)27(29)34)39-16-26(33)31-22(28(35)36)13-18-10-8-9-11-23(18)32/h8-11,14-15,19,22,27,32,34H,4-7,12-13,16-17H2,1-3H3,(H,31,33)(H,35,36). The first-order chi connectivity index (χ1) is 18.9. The van der Waals surface area contributed by atoms with E-state index >= 15 is 0 Å². The molecule has 220 valence electrons. The topological polar surface area (TPSA) is 150 Å². The molecule has 4 N–H and O–H groups in total. The molecule has 0 radical (unpaired) electrons. The number of hydrogen-bond acceptors (Lipinski definition) is 7. The number of aromatic hydroxyl groups is 1. The maximum atomic E-state index is 13.7. The minimum Gasteiger partial charge on any atom is -0.508 e. The number of ether oxygens (including phenoxy) is 1. The van der Waals surface area contributed by atoms with E-state index in [2.05, 4.69) is 21.2 Å². The van der Waals surface area contributed by atoms with Gasteiger partial charge in [-0.2, -0.15) is 0 Å². The molecule has 0 aliphatic carbocycles. The first-order valence-corrected chi connectivity index (χ1v) is 16.0. The van der Waals surface area contributed by atoms with Gasteiger partial charge in [-0.3, -0.25) is 4.79 Å². The number of phenols is 1. The third-order valence-corrected chi connectivity index (χ3v) is 10.5. The van der Waals surface area contributed by atoms with Crippen molar-refractivity contribution in [2.75, 3.05) is 12.4 Å². The van der Waals surface area contributed by atoms with Crippen LogP contribution in [0.1, 0.15) is 69.9 Å². The largest absolute Gasteiger partial charge is 0.508 e. The molecule has 40 heavy (non-hydrogen) atoms. The van der Waals surface area contributed by atoms with Crippen LogP contribution in [0.2, 0.25) is 0 Å². The zero-order valence-corrected chi connectivity index (χ0v) is 25.4. The first kappa shape index (κ1) is 31.9. The summed E-state index contributed by atoms with van der Waals surface area (Å²) < 4.78 is 33.5. The van der Waals surface area contributed by atoms with Crippen LogP contribution in [0, 0.1) is 5.41 Å². The second-order valence-electron chi connectivity index (χ2n) is 10.4. The van der Waals surface area contributed by atoms with E-state index in [9.17, 15) is 33.3 Å². The number of carboxylic acids is 1. The molecular weight excluding hydrogens is 602 g/mol. The van der Waals surface area contributed by atoms with Crippen LogP contribution < -0.4 is 10.1 Å². The molecule has 4 unspecified atom stereocenters. The number of aliphatic hydroxyl groups excluding tert-OH is 1. The number of benzene rings is 2. The maximum Gasteiger partial charge on any atom is 0.326 e. The molecule has 4 atom stereocenters. The number of rotatable bonds is 12. The number of halogens is 1. The van der Waals surface area contributed by atoms with Crippen LogP contribution >= 0.6 is 15.9 Å². The Bertz CT molecular complexity index is 1330. The predicted octanol–water partition coefficient (Wildman–Crippen LogP) is 4.57. The highest BCUT2D eigenvalue weighted by atomic mass is 79.9. The molecule has 3 rings (SSSR count). The van der Waals surface area contributed by atoms with Crippen molar-refractivity contribution < 1.29 is 38.1 Å². The van der Waals surface area contributed by atoms with E-state index < -0.39 is 51.8 Å². The molecule has 1 amide bonds. The summed E-state index contributed by atoms with van der Waals surface area (Å²) >= 11 is 3.42. The molecule has 0 aromatic heterocycles. The van der Waals surface area contributed by atoms with Gasteiger partial charge in [0.15, 0.2) is 16.4 Å². The number of aliphatic carboxylic acids is 1. The third-order valence-electron chi connectivity index (χ3n) is 7.86. The fourth-order valence-corrected chi connectivity index (χ4v) is 8.28. The summed E-state index contributed by atoms with van der Waals surface area (Å²) in [7, 11) is -3.81. The van der Waals surface area contributed by atoms with Gasteiger partial charge in [0.25, 0.3) is 5.91 Å². The van der Waals surface area contributed by atoms with Crippen LogP contribution in [0.25, 0.3) is 0 Å². The number of carboxylic acid groups (broad SMARTS) is 1. The summed E-state index contributed by atoms with van der Waals surface area (Å²) in [4.78, 5) is 24.4. The Morgan fingerprint density at radius 1 is 1.20 bits per heavy atom. The number of unbranched alkanes of at least 4 members (excludes halogenated alkanes) is 1. The third kappa shape index (κ3) is 6.98. The number of aliphatic hydroxyl groups is 1. The first-order valence-electron chi connectivity index (χ1n) is 13.5. The van der Waals surface area contributed by atoms with E-state index in [0.717, 1.165) is 12.8 Å². The number of fused-ring (bicyclic) bond motifs is 1. The summed E-state index contributed by atoms with van der Waals surface area (Å²) in [6.45, 7) is 5.32. The number of amides is 1. The molecule has 1 heterocycles. The summed E-state index contributed by atoms with van der Waals surface area (Å²) in [5.74, 6) is -2.54. The average molecular weight is 641 g/mol. The van der Waals surface area contributed by atoms with Gasteiger partial charge in [0.1, 0.15) is 17.5 Å². The number of para-hydroxylation sites is 1. The lowest BCUT2D eigenvalue weighted by Crippen LogP contribution is -2.44. The molecule has 0 bridgehead atoms. The lowest BCUT2D eigenvalue weighted by atomic mass is 9.70. The zero-order valence-electron chi connectivity index (χ0n) is 23.0. The number of sulfone groups is 1. The van der Waals surface area contributed by atoms with Gasteiger partial charge in [0.05, 0.1) is 21.2 Å². The fraction of sp³-hybridized carbons (Fsp3) is 0.517. The number of carbonyl (C=O) groups excluding carboxylic acids is 1. The second kappa shape index (κ2) is 13.4. The Morgan fingerprint density at radius 3 is 2.50 bits per heavy atom. The highest BCUT2D eigenvalue weighted by Crippen LogP contribution is 2.49. The minimum absolute atomic E-state index is 0.0757. The normalized spacial score (nSPS) is 22.5. The molecule has 0 spiro atoms. The molecule has 9 nitrogen and oxygen atoms in total. The highest BCUT2D eigenvalue weighted by molar-refractivity contribution is 9.10. The molecule has 0 saturated heterocycles. The zero-order chi connectivity index (χ0) is 29.7. The Labute approximate surface area is 244 Å². The molecular formula is C29H38BrNO8S. The van der Waals surface area contributed by atoms with Crippen LogP contribution in [0.15, 0.2) is 45.8 Å². The molecule has 1 aliphatic heterocycles. The number of phenolic OH excluding ortho intramolecular Hbond substituents is 1. The Kier molecular flexibility index (Phi) is 10.6. The van der Waals surface area contributed by atoms with Crippen molar-refractivity contribution in [1.29, 1.82) is 0 Å². The van der Waals surface area contributed by atoms with Crippen molar-refractivity contribution in [2.45, 2.75) is 82.3 Å². The van der Waals surface area contributed by atoms with Gasteiger partial charge >= 0.3 is 5.97 Å². The quantitative estimate of drug-likeness (QED) is 0.264. The average Bonchev–Trinajstić information content (AvgIpc) is 2.97. The highest BCUT2D eigenvalue weighted by Gasteiger charge is 2.48. The molecule has 0 saturated carbocycles. The summed E-state index contributed by atoms with van der Waals surface area (Å²) in [6.07, 6.45) is 2.38. The Morgan fingerprint density at radius 2 is 1.90 bits per heavy atom. The minimum atomic E-state index is -3.81. The van der Waals surface area contributed by atoms with Crippen molar-refractivity contribution in [1.82, 2.24) is 5.32 Å². The fourth-order valence-electron chi connectivity index (χ4n) is 5.52. The lowest BCUT2D eigenvalue weighted by molar-refractivity contribution is -0.142. The van der Waals surface area contributed by atoms with Crippen LogP contribution in [-0.2, 0) is 25.8 Å². The second-order valence-corrected chi connectivity index (χ2v) is 13.3. The smallest absolute Gasteiger partial charge is 0.326 e. The van der Waals surface area contributed by atoms with E-state index in [1.807, 2.05) is 20.8 Å². The van der Waals surface area contributed by atoms with E-state index in [0.29, 0.717) is 34.9 Å². The summed E-state index contributed by atoms with van der Waals surface area (Å²) in [5, 5.41) is 33.4. The number of hydrogen-bond donors (Lipinski definition) is 4. The van der Waals surface area contributed by atoms with Crippen molar-refractivity contribution in [3.05, 3.63) is 52.0 Å². The predicted molar refractivity (Wildman–Crippen MR) is 154 cm³/mol. The van der Waals surface area contributed by atoms with E-state index in [-0.39, 0.29) is 28.6 Å². The Hall–Kier alpha value is -2.63.